The van der Waals surface area contributed by atoms with Gasteiger partial charge in [0.15, 0.2) is 0 Å². The van der Waals surface area contributed by atoms with Crippen molar-refractivity contribution in [1.82, 2.24) is 9.97 Å². The van der Waals surface area contributed by atoms with Gasteiger partial charge in [0.25, 0.3) is 0 Å². The molecule has 7 heteroatoms. The second kappa shape index (κ2) is 8.05. The van der Waals surface area contributed by atoms with Gasteiger partial charge in [-0.3, -0.25) is 0 Å². The zero-order valence-electron chi connectivity index (χ0n) is 13.5. The summed E-state index contributed by atoms with van der Waals surface area (Å²) in [5.74, 6) is 1.99. The number of nitrogens with one attached hydrogen (secondary N) is 2. The normalized spacial score (nSPS) is 10.4. The van der Waals surface area contributed by atoms with Crippen molar-refractivity contribution in [2.45, 2.75) is 6.54 Å². The fraction of sp³-hybridized carbons (Fsp3) is 0.111. The highest BCUT2D eigenvalue weighted by molar-refractivity contribution is 6.42. The predicted molar refractivity (Wildman–Crippen MR) is 102 cm³/mol. The van der Waals surface area contributed by atoms with Gasteiger partial charge in [0, 0.05) is 24.0 Å². The number of nitrogens with zero attached hydrogens (tertiary/aromatic N) is 2. The number of hydrogen-bond acceptors (Lipinski definition) is 5. The van der Waals surface area contributed by atoms with Gasteiger partial charge in [-0.15, -0.1) is 0 Å². The molecule has 1 heterocycles. The van der Waals surface area contributed by atoms with Gasteiger partial charge >= 0.3 is 0 Å². The van der Waals surface area contributed by atoms with Crippen LogP contribution in [0.25, 0.3) is 0 Å². The Bertz CT molecular complexity index is 873. The van der Waals surface area contributed by atoms with E-state index in [9.17, 15) is 0 Å². The summed E-state index contributed by atoms with van der Waals surface area (Å²) in [5.41, 5.74) is 1.80. The summed E-state index contributed by atoms with van der Waals surface area (Å²) >= 11 is 11.9. The Hall–Kier alpha value is -2.50. The van der Waals surface area contributed by atoms with Gasteiger partial charge in [0.1, 0.15) is 11.6 Å². The number of benzene rings is 2. The second-order valence-corrected chi connectivity index (χ2v) is 6.00. The van der Waals surface area contributed by atoms with E-state index in [1.807, 2.05) is 30.3 Å². The van der Waals surface area contributed by atoms with E-state index in [0.717, 1.165) is 17.0 Å². The average Bonchev–Trinajstić information content (AvgIpc) is 2.63. The molecule has 0 fully saturated rings. The first-order chi connectivity index (χ1) is 12.2. The number of methoxy groups -OCH3 is 1. The second-order valence-electron chi connectivity index (χ2n) is 5.18. The maximum atomic E-state index is 6.02. The Morgan fingerprint density at radius 2 is 1.88 bits per heavy atom. The molecule has 0 bridgehead atoms. The van der Waals surface area contributed by atoms with Crippen LogP contribution in [0.1, 0.15) is 5.56 Å². The molecule has 0 saturated heterocycles. The number of para-hydroxylation sites is 1. The standard InChI is InChI=1S/C18H16Cl2N4O/c1-25-16-5-3-2-4-12(16)11-22-17-8-9-21-18(24-17)23-13-6-7-14(19)15(20)10-13/h2-10H,11H2,1H3,(H2,21,22,23,24). The Morgan fingerprint density at radius 3 is 2.68 bits per heavy atom. The molecule has 2 aromatic carbocycles. The number of hydrogen-bond donors (Lipinski definition) is 2. The molecule has 0 atom stereocenters. The zero-order chi connectivity index (χ0) is 17.6. The maximum Gasteiger partial charge on any atom is 0.229 e. The van der Waals surface area contributed by atoms with Gasteiger partial charge in [-0.1, -0.05) is 41.4 Å². The first kappa shape index (κ1) is 17.3. The molecule has 25 heavy (non-hydrogen) atoms. The van der Waals surface area contributed by atoms with Gasteiger partial charge in [-0.2, -0.15) is 4.98 Å². The van der Waals surface area contributed by atoms with Crippen molar-refractivity contribution >= 4 is 40.7 Å². The van der Waals surface area contributed by atoms with Gasteiger partial charge in [-0.05, 0) is 30.3 Å². The number of ether oxygens (including phenoxy) is 1. The predicted octanol–water partition coefficient (Wildman–Crippen LogP) is 5.15. The van der Waals surface area contributed by atoms with Crippen LogP contribution in [-0.2, 0) is 6.54 Å². The minimum atomic E-state index is 0.461. The van der Waals surface area contributed by atoms with Gasteiger partial charge in [0.2, 0.25) is 5.95 Å². The highest BCUT2D eigenvalue weighted by Crippen LogP contribution is 2.26. The molecule has 0 radical (unpaired) electrons. The van der Waals surface area contributed by atoms with E-state index < -0.39 is 0 Å². The van der Waals surface area contributed by atoms with E-state index in [1.54, 1.807) is 31.5 Å². The molecule has 0 spiro atoms. The van der Waals surface area contributed by atoms with Crippen LogP contribution >= 0.6 is 23.2 Å². The largest absolute Gasteiger partial charge is 0.496 e. The minimum Gasteiger partial charge on any atom is -0.496 e. The Balaban J connectivity index is 1.70. The molecule has 0 amide bonds. The minimum absolute atomic E-state index is 0.461. The van der Waals surface area contributed by atoms with Crippen molar-refractivity contribution in [3.8, 4) is 5.75 Å². The highest BCUT2D eigenvalue weighted by Gasteiger charge is 2.05. The van der Waals surface area contributed by atoms with Crippen molar-refractivity contribution < 1.29 is 4.74 Å². The van der Waals surface area contributed by atoms with Crippen LogP contribution in [0.4, 0.5) is 17.5 Å². The molecule has 0 aliphatic rings. The summed E-state index contributed by atoms with van der Waals surface area (Å²) in [6.45, 7) is 0.591. The lowest BCUT2D eigenvalue weighted by molar-refractivity contribution is 0.410. The summed E-state index contributed by atoms with van der Waals surface area (Å²) in [6, 6.07) is 14.9. The van der Waals surface area contributed by atoms with E-state index in [4.69, 9.17) is 27.9 Å². The molecule has 5 nitrogen and oxygen atoms in total. The molecule has 3 rings (SSSR count). The average molecular weight is 375 g/mol. The summed E-state index contributed by atoms with van der Waals surface area (Å²) in [7, 11) is 1.66. The molecule has 2 N–H and O–H groups in total. The SMILES string of the molecule is COc1ccccc1CNc1ccnc(Nc2ccc(Cl)c(Cl)c2)n1. The third kappa shape index (κ3) is 4.53. The van der Waals surface area contributed by atoms with Crippen LogP contribution in [0, 0.1) is 0 Å². The van der Waals surface area contributed by atoms with Crippen LogP contribution in [0.5, 0.6) is 5.75 Å². The van der Waals surface area contributed by atoms with Crippen LogP contribution in [0.3, 0.4) is 0 Å². The molecular formula is C18H16Cl2N4O. The summed E-state index contributed by atoms with van der Waals surface area (Å²) < 4.78 is 5.35. The Kier molecular flexibility index (Phi) is 5.58. The lowest BCUT2D eigenvalue weighted by Gasteiger charge is -2.11. The molecule has 3 aromatic rings. The number of aromatic nitrogens is 2. The topological polar surface area (TPSA) is 59.1 Å². The quantitative estimate of drug-likeness (QED) is 0.624. The Labute approximate surface area is 156 Å². The third-order valence-corrected chi connectivity index (χ3v) is 4.22. The van der Waals surface area contributed by atoms with Gasteiger partial charge in [0.05, 0.1) is 17.2 Å². The van der Waals surface area contributed by atoms with E-state index in [1.165, 1.54) is 0 Å². The van der Waals surface area contributed by atoms with Crippen molar-refractivity contribution in [2.75, 3.05) is 17.7 Å². The van der Waals surface area contributed by atoms with Crippen molar-refractivity contribution in [3.63, 3.8) is 0 Å². The summed E-state index contributed by atoms with van der Waals surface area (Å²) in [5, 5.41) is 7.34. The van der Waals surface area contributed by atoms with Crippen LogP contribution in [-0.4, -0.2) is 17.1 Å². The van der Waals surface area contributed by atoms with E-state index >= 15 is 0 Å². The van der Waals surface area contributed by atoms with Crippen molar-refractivity contribution in [3.05, 3.63) is 70.3 Å². The monoisotopic (exact) mass is 374 g/mol. The fourth-order valence-corrected chi connectivity index (χ4v) is 2.55. The van der Waals surface area contributed by atoms with E-state index in [2.05, 4.69) is 20.6 Å². The lowest BCUT2D eigenvalue weighted by atomic mass is 10.2. The first-order valence-electron chi connectivity index (χ1n) is 7.56. The zero-order valence-corrected chi connectivity index (χ0v) is 15.0. The van der Waals surface area contributed by atoms with Gasteiger partial charge in [-0.25, -0.2) is 4.98 Å². The molecular weight excluding hydrogens is 359 g/mol. The summed E-state index contributed by atoms with van der Waals surface area (Å²) in [4.78, 5) is 8.65. The number of rotatable bonds is 6. The van der Waals surface area contributed by atoms with Crippen molar-refractivity contribution in [2.24, 2.45) is 0 Å². The molecule has 1 aromatic heterocycles. The highest BCUT2D eigenvalue weighted by atomic mass is 35.5. The Morgan fingerprint density at radius 1 is 1.04 bits per heavy atom. The fourth-order valence-electron chi connectivity index (χ4n) is 2.26. The van der Waals surface area contributed by atoms with Crippen molar-refractivity contribution in [1.29, 1.82) is 0 Å². The molecule has 0 aliphatic heterocycles. The molecule has 128 valence electrons. The molecule has 0 aliphatic carbocycles. The van der Waals surface area contributed by atoms with E-state index in [-0.39, 0.29) is 0 Å². The van der Waals surface area contributed by atoms with Crippen LogP contribution in [0.15, 0.2) is 54.7 Å². The first-order valence-corrected chi connectivity index (χ1v) is 8.32. The van der Waals surface area contributed by atoms with Crippen LogP contribution < -0.4 is 15.4 Å². The third-order valence-electron chi connectivity index (χ3n) is 3.48. The van der Waals surface area contributed by atoms with E-state index in [0.29, 0.717) is 28.4 Å². The number of anilines is 3. The van der Waals surface area contributed by atoms with Gasteiger partial charge < -0.3 is 15.4 Å². The molecule has 0 unspecified atom stereocenters. The lowest BCUT2D eigenvalue weighted by Crippen LogP contribution is -2.05. The van der Waals surface area contributed by atoms with Crippen LogP contribution in [0.2, 0.25) is 10.0 Å². The molecule has 0 saturated carbocycles. The smallest absolute Gasteiger partial charge is 0.229 e. The number of halogens is 2. The summed E-state index contributed by atoms with van der Waals surface area (Å²) in [6.07, 6.45) is 1.68. The maximum absolute atomic E-state index is 6.02.